The first-order valence-electron chi connectivity index (χ1n) is 5.59. The molecule has 1 atom stereocenters. The molecule has 0 saturated carbocycles. The van der Waals surface area contributed by atoms with Crippen molar-refractivity contribution in [3.63, 3.8) is 0 Å². The van der Waals surface area contributed by atoms with Gasteiger partial charge in [-0.25, -0.2) is 5.84 Å². The Morgan fingerprint density at radius 3 is 2.73 bits per heavy atom. The van der Waals surface area contributed by atoms with E-state index in [0.29, 0.717) is 12.0 Å². The topological polar surface area (TPSA) is 62.4 Å². The number of guanidine groups is 1. The van der Waals surface area contributed by atoms with E-state index in [-0.39, 0.29) is 0 Å². The fourth-order valence-corrected chi connectivity index (χ4v) is 1.88. The van der Waals surface area contributed by atoms with Gasteiger partial charge < -0.3 is 5.32 Å². The van der Waals surface area contributed by atoms with E-state index in [2.05, 4.69) is 36.5 Å². The molecule has 0 aliphatic rings. The summed E-state index contributed by atoms with van der Waals surface area (Å²) >= 11 is 1.96. The summed E-state index contributed by atoms with van der Waals surface area (Å²) in [7, 11) is 0. The molecule has 0 aromatic heterocycles. The van der Waals surface area contributed by atoms with Crippen LogP contribution >= 0.6 is 11.8 Å². The van der Waals surface area contributed by atoms with E-state index < -0.39 is 0 Å². The second-order valence-electron chi connectivity index (χ2n) is 3.41. The third-order valence-corrected chi connectivity index (χ3v) is 2.85. The molecule has 0 radical (unpaired) electrons. The Morgan fingerprint density at radius 1 is 1.47 bits per heavy atom. The molecule has 0 bridgehead atoms. The molecule has 0 heterocycles. The predicted octanol–water partition coefficient (Wildman–Crippen LogP) is 1.34. The van der Waals surface area contributed by atoms with Crippen LogP contribution in [0.15, 0.2) is 4.99 Å². The van der Waals surface area contributed by atoms with Crippen LogP contribution < -0.4 is 16.6 Å². The van der Waals surface area contributed by atoms with Crippen LogP contribution in [-0.4, -0.2) is 30.1 Å². The lowest BCUT2D eigenvalue weighted by Gasteiger charge is -2.16. The standard InChI is InChI=1S/C10H24N4S/c1-4-7-12-10(14-11)13-9(3)6-8-15-5-2/h9H,4-8,11H2,1-3H3,(H2,12,13,14). The Kier molecular flexibility index (Phi) is 9.83. The lowest BCUT2D eigenvalue weighted by Crippen LogP contribution is -2.45. The Balaban J connectivity index is 3.74. The van der Waals surface area contributed by atoms with Gasteiger partial charge >= 0.3 is 0 Å². The molecule has 90 valence electrons. The Hall–Kier alpha value is -0.420. The zero-order valence-corrected chi connectivity index (χ0v) is 10.9. The highest BCUT2D eigenvalue weighted by atomic mass is 32.2. The minimum Gasteiger partial charge on any atom is -0.353 e. The maximum Gasteiger partial charge on any atom is 0.205 e. The molecule has 0 spiro atoms. The monoisotopic (exact) mass is 232 g/mol. The number of nitrogens with zero attached hydrogens (tertiary/aromatic N) is 1. The molecule has 0 rings (SSSR count). The van der Waals surface area contributed by atoms with Gasteiger partial charge in [0.25, 0.3) is 0 Å². The van der Waals surface area contributed by atoms with Crippen molar-refractivity contribution in [1.82, 2.24) is 10.7 Å². The van der Waals surface area contributed by atoms with Crippen LogP contribution in [0.1, 0.15) is 33.6 Å². The van der Waals surface area contributed by atoms with Gasteiger partial charge in [-0.2, -0.15) is 11.8 Å². The first kappa shape index (κ1) is 14.6. The number of hydrazine groups is 1. The SMILES string of the molecule is CCCN=C(NN)NC(C)CCSCC. The molecule has 5 heteroatoms. The van der Waals surface area contributed by atoms with Gasteiger partial charge in [0.1, 0.15) is 0 Å². The van der Waals surface area contributed by atoms with Crippen molar-refractivity contribution < 1.29 is 0 Å². The molecule has 0 amide bonds. The number of aliphatic imine (C=N–C) groups is 1. The fourth-order valence-electron chi connectivity index (χ4n) is 1.07. The Morgan fingerprint density at radius 2 is 2.20 bits per heavy atom. The van der Waals surface area contributed by atoms with Gasteiger partial charge in [-0.05, 0) is 31.3 Å². The van der Waals surface area contributed by atoms with Gasteiger partial charge in [0, 0.05) is 12.6 Å². The van der Waals surface area contributed by atoms with Crippen LogP contribution in [0.2, 0.25) is 0 Å². The summed E-state index contributed by atoms with van der Waals surface area (Å²) < 4.78 is 0. The highest BCUT2D eigenvalue weighted by Gasteiger charge is 2.03. The van der Waals surface area contributed by atoms with Crippen molar-refractivity contribution in [2.45, 2.75) is 39.7 Å². The van der Waals surface area contributed by atoms with Crippen molar-refractivity contribution in [1.29, 1.82) is 0 Å². The van der Waals surface area contributed by atoms with Gasteiger partial charge in [-0.15, -0.1) is 0 Å². The van der Waals surface area contributed by atoms with Gasteiger partial charge in [-0.3, -0.25) is 10.4 Å². The van der Waals surface area contributed by atoms with Crippen molar-refractivity contribution in [2.75, 3.05) is 18.1 Å². The maximum absolute atomic E-state index is 5.37. The smallest absolute Gasteiger partial charge is 0.205 e. The summed E-state index contributed by atoms with van der Waals surface area (Å²) in [6.07, 6.45) is 2.16. The van der Waals surface area contributed by atoms with E-state index in [4.69, 9.17) is 5.84 Å². The molecule has 0 fully saturated rings. The lowest BCUT2D eigenvalue weighted by atomic mass is 10.3. The number of rotatable bonds is 7. The van der Waals surface area contributed by atoms with Crippen LogP contribution in [0.5, 0.6) is 0 Å². The van der Waals surface area contributed by atoms with E-state index in [0.717, 1.165) is 19.4 Å². The fraction of sp³-hybridized carbons (Fsp3) is 0.900. The predicted molar refractivity (Wildman–Crippen MR) is 70.1 cm³/mol. The van der Waals surface area contributed by atoms with Crippen LogP contribution in [0.25, 0.3) is 0 Å². The molecular formula is C10H24N4S. The maximum atomic E-state index is 5.37. The first-order valence-corrected chi connectivity index (χ1v) is 6.75. The summed E-state index contributed by atoms with van der Waals surface area (Å²) in [5.41, 5.74) is 2.59. The van der Waals surface area contributed by atoms with Crippen LogP contribution in [0, 0.1) is 0 Å². The van der Waals surface area contributed by atoms with Crippen LogP contribution in [0.3, 0.4) is 0 Å². The molecule has 0 aliphatic heterocycles. The molecule has 4 nitrogen and oxygen atoms in total. The van der Waals surface area contributed by atoms with Crippen molar-refractivity contribution in [3.8, 4) is 0 Å². The highest BCUT2D eigenvalue weighted by molar-refractivity contribution is 7.99. The zero-order valence-electron chi connectivity index (χ0n) is 10.0. The highest BCUT2D eigenvalue weighted by Crippen LogP contribution is 2.03. The van der Waals surface area contributed by atoms with Crippen molar-refractivity contribution in [3.05, 3.63) is 0 Å². The number of nitrogens with two attached hydrogens (primary N) is 1. The summed E-state index contributed by atoms with van der Waals surface area (Å²) in [5, 5.41) is 3.26. The number of hydrogen-bond donors (Lipinski definition) is 3. The van der Waals surface area contributed by atoms with E-state index in [1.807, 2.05) is 11.8 Å². The zero-order chi connectivity index (χ0) is 11.5. The average molecular weight is 232 g/mol. The molecule has 4 N–H and O–H groups in total. The normalized spacial score (nSPS) is 13.7. The van der Waals surface area contributed by atoms with Gasteiger partial charge in [0.05, 0.1) is 0 Å². The number of hydrogen-bond acceptors (Lipinski definition) is 3. The molecular weight excluding hydrogens is 208 g/mol. The van der Waals surface area contributed by atoms with Crippen molar-refractivity contribution >= 4 is 17.7 Å². The third-order valence-electron chi connectivity index (χ3n) is 1.91. The van der Waals surface area contributed by atoms with E-state index >= 15 is 0 Å². The molecule has 0 aromatic carbocycles. The van der Waals surface area contributed by atoms with E-state index in [1.165, 1.54) is 11.5 Å². The van der Waals surface area contributed by atoms with Crippen LogP contribution in [-0.2, 0) is 0 Å². The first-order chi connectivity index (χ1) is 7.24. The van der Waals surface area contributed by atoms with E-state index in [1.54, 1.807) is 0 Å². The van der Waals surface area contributed by atoms with Crippen molar-refractivity contribution in [2.24, 2.45) is 10.8 Å². The second kappa shape index (κ2) is 10.1. The van der Waals surface area contributed by atoms with Gasteiger partial charge in [0.15, 0.2) is 0 Å². The Bertz CT molecular complexity index is 173. The quantitative estimate of drug-likeness (QED) is 0.204. The Labute approximate surface area is 97.5 Å². The molecule has 15 heavy (non-hydrogen) atoms. The number of thioether (sulfide) groups is 1. The summed E-state index contributed by atoms with van der Waals surface area (Å²) in [4.78, 5) is 4.29. The minimum absolute atomic E-state index is 0.413. The van der Waals surface area contributed by atoms with Gasteiger partial charge in [0.2, 0.25) is 5.96 Å². The average Bonchev–Trinajstić information content (AvgIpc) is 2.24. The molecule has 0 saturated heterocycles. The summed E-state index contributed by atoms with van der Waals surface area (Å²) in [6.45, 7) is 7.23. The van der Waals surface area contributed by atoms with Gasteiger partial charge in [-0.1, -0.05) is 13.8 Å². The second-order valence-corrected chi connectivity index (χ2v) is 4.80. The van der Waals surface area contributed by atoms with Crippen LogP contribution in [0.4, 0.5) is 0 Å². The summed E-state index contributed by atoms with van der Waals surface area (Å²) in [5.74, 6) is 8.42. The largest absolute Gasteiger partial charge is 0.353 e. The lowest BCUT2D eigenvalue weighted by molar-refractivity contribution is 0.629. The summed E-state index contributed by atoms with van der Waals surface area (Å²) in [6, 6.07) is 0.413. The third kappa shape index (κ3) is 8.57. The number of nitrogens with one attached hydrogen (secondary N) is 2. The molecule has 1 unspecified atom stereocenters. The minimum atomic E-state index is 0.413. The van der Waals surface area contributed by atoms with E-state index in [9.17, 15) is 0 Å². The molecule has 0 aliphatic carbocycles. The molecule has 0 aromatic rings.